The number of benzene rings is 2. The highest BCUT2D eigenvalue weighted by Crippen LogP contribution is 2.17. The summed E-state index contributed by atoms with van der Waals surface area (Å²) in [6, 6.07) is 19.6. The Labute approximate surface area is 140 Å². The van der Waals surface area contributed by atoms with Crippen LogP contribution in [0.2, 0.25) is 0 Å². The number of nitrogens with zero attached hydrogens (tertiary/aromatic N) is 1. The molecular formula is C21H17NO2. The van der Waals surface area contributed by atoms with Gasteiger partial charge < -0.3 is 4.74 Å². The van der Waals surface area contributed by atoms with Crippen LogP contribution in [-0.2, 0) is 9.53 Å². The topological polar surface area (TPSA) is 39.2 Å². The molecule has 0 radical (unpaired) electrons. The van der Waals surface area contributed by atoms with Gasteiger partial charge in [-0.3, -0.25) is 4.98 Å². The molecule has 0 atom stereocenters. The van der Waals surface area contributed by atoms with Crippen molar-refractivity contribution in [2.45, 2.75) is 0 Å². The van der Waals surface area contributed by atoms with Gasteiger partial charge in [0.05, 0.1) is 5.52 Å². The van der Waals surface area contributed by atoms with E-state index in [2.05, 4.69) is 4.98 Å². The van der Waals surface area contributed by atoms with Crippen molar-refractivity contribution < 1.29 is 9.53 Å². The molecule has 118 valence electrons. The van der Waals surface area contributed by atoms with Crippen LogP contribution in [0.4, 0.5) is 0 Å². The molecule has 24 heavy (non-hydrogen) atoms. The van der Waals surface area contributed by atoms with Crippen molar-refractivity contribution >= 4 is 29.0 Å². The third-order valence-electron chi connectivity index (χ3n) is 3.49. The fourth-order valence-corrected chi connectivity index (χ4v) is 2.35. The zero-order chi connectivity index (χ0) is 16.6. The number of esters is 1. The molecule has 0 saturated heterocycles. The van der Waals surface area contributed by atoms with E-state index < -0.39 is 0 Å². The molecule has 2 aromatic carbocycles. The van der Waals surface area contributed by atoms with Gasteiger partial charge in [-0.15, -0.1) is 0 Å². The summed E-state index contributed by atoms with van der Waals surface area (Å²) in [5.41, 5.74) is 2.84. The maximum atomic E-state index is 11.8. The highest BCUT2D eigenvalue weighted by Gasteiger charge is 2.00. The molecule has 0 amide bonds. The van der Waals surface area contributed by atoms with Crippen LogP contribution in [0, 0.1) is 0 Å². The van der Waals surface area contributed by atoms with Gasteiger partial charge in [-0.05, 0) is 23.8 Å². The maximum Gasteiger partial charge on any atom is 0.331 e. The van der Waals surface area contributed by atoms with E-state index in [1.54, 1.807) is 12.3 Å². The molecule has 0 spiro atoms. The number of pyridine rings is 1. The Morgan fingerprint density at radius 2 is 1.79 bits per heavy atom. The summed E-state index contributed by atoms with van der Waals surface area (Å²) in [5, 5.41) is 1.04. The summed E-state index contributed by atoms with van der Waals surface area (Å²) in [5.74, 6) is -0.374. The summed E-state index contributed by atoms with van der Waals surface area (Å²) < 4.78 is 5.16. The van der Waals surface area contributed by atoms with E-state index in [1.807, 2.05) is 72.8 Å². The summed E-state index contributed by atoms with van der Waals surface area (Å²) in [4.78, 5) is 16.2. The second kappa shape index (κ2) is 7.88. The van der Waals surface area contributed by atoms with Crippen LogP contribution < -0.4 is 0 Å². The molecule has 1 aromatic heterocycles. The molecule has 3 nitrogen and oxygen atoms in total. The fourth-order valence-electron chi connectivity index (χ4n) is 2.35. The first-order valence-corrected chi connectivity index (χ1v) is 7.73. The molecule has 3 heteroatoms. The monoisotopic (exact) mass is 315 g/mol. The van der Waals surface area contributed by atoms with Crippen LogP contribution in [0.3, 0.4) is 0 Å². The Hall–Kier alpha value is -3.20. The van der Waals surface area contributed by atoms with Crippen LogP contribution >= 0.6 is 0 Å². The van der Waals surface area contributed by atoms with Gasteiger partial charge in [-0.25, -0.2) is 4.79 Å². The van der Waals surface area contributed by atoms with E-state index in [1.165, 1.54) is 6.08 Å². The zero-order valence-electron chi connectivity index (χ0n) is 13.1. The highest BCUT2D eigenvalue weighted by molar-refractivity contribution is 5.92. The molecule has 3 rings (SSSR count). The number of rotatable bonds is 5. The highest BCUT2D eigenvalue weighted by atomic mass is 16.5. The number of hydrogen-bond acceptors (Lipinski definition) is 3. The third kappa shape index (κ3) is 4.17. The van der Waals surface area contributed by atoms with Crippen molar-refractivity contribution in [2.75, 3.05) is 6.61 Å². The minimum Gasteiger partial charge on any atom is -0.458 e. The van der Waals surface area contributed by atoms with Crippen LogP contribution in [0.5, 0.6) is 0 Å². The van der Waals surface area contributed by atoms with Crippen molar-refractivity contribution in [1.82, 2.24) is 4.98 Å². The third-order valence-corrected chi connectivity index (χ3v) is 3.49. The first-order chi connectivity index (χ1) is 11.8. The molecule has 0 N–H and O–H groups in total. The number of para-hydroxylation sites is 1. The molecule has 1 heterocycles. The predicted molar refractivity (Wildman–Crippen MR) is 97.2 cm³/mol. The summed E-state index contributed by atoms with van der Waals surface area (Å²) >= 11 is 0. The van der Waals surface area contributed by atoms with E-state index >= 15 is 0 Å². The van der Waals surface area contributed by atoms with Crippen molar-refractivity contribution in [1.29, 1.82) is 0 Å². The molecule has 0 aliphatic heterocycles. The van der Waals surface area contributed by atoms with Crippen LogP contribution in [-0.4, -0.2) is 17.6 Å². The Morgan fingerprint density at radius 1 is 0.958 bits per heavy atom. The standard InChI is InChI=1S/C21H17NO2/c23-20(24-16-6-9-17-7-2-1-3-8-17)14-13-19-11-4-10-18-12-5-15-22-21(18)19/h1-15H,16H2/b9-6+,14-13+. The van der Waals surface area contributed by atoms with Crippen LogP contribution in [0.1, 0.15) is 11.1 Å². The Morgan fingerprint density at radius 3 is 2.67 bits per heavy atom. The van der Waals surface area contributed by atoms with E-state index in [9.17, 15) is 4.79 Å². The number of ether oxygens (including phenoxy) is 1. The van der Waals surface area contributed by atoms with Gasteiger partial charge in [0.1, 0.15) is 6.61 Å². The molecule has 0 aliphatic rings. The molecule has 0 bridgehead atoms. The average molecular weight is 315 g/mol. The van der Waals surface area contributed by atoms with Crippen molar-refractivity contribution in [2.24, 2.45) is 0 Å². The lowest BCUT2D eigenvalue weighted by Crippen LogP contribution is -1.99. The number of fused-ring (bicyclic) bond motifs is 1. The van der Waals surface area contributed by atoms with Crippen molar-refractivity contribution in [3.63, 3.8) is 0 Å². The zero-order valence-corrected chi connectivity index (χ0v) is 13.1. The summed E-state index contributed by atoms with van der Waals surface area (Å²) in [7, 11) is 0. The van der Waals surface area contributed by atoms with E-state index in [4.69, 9.17) is 4.74 Å². The minimum absolute atomic E-state index is 0.242. The molecule has 0 fully saturated rings. The first kappa shape index (κ1) is 15.7. The quantitative estimate of drug-likeness (QED) is 0.514. The van der Waals surface area contributed by atoms with Gasteiger partial charge in [0, 0.05) is 23.2 Å². The maximum absolute atomic E-state index is 11.8. The van der Waals surface area contributed by atoms with Gasteiger partial charge in [-0.2, -0.15) is 0 Å². The summed E-state index contributed by atoms with van der Waals surface area (Å²) in [6.07, 6.45) is 8.65. The lowest BCUT2D eigenvalue weighted by atomic mass is 10.1. The summed E-state index contributed by atoms with van der Waals surface area (Å²) in [6.45, 7) is 0.242. The van der Waals surface area contributed by atoms with E-state index in [-0.39, 0.29) is 12.6 Å². The lowest BCUT2D eigenvalue weighted by molar-refractivity contribution is -0.136. The Kier molecular flexibility index (Phi) is 5.15. The molecule has 0 saturated carbocycles. The number of aromatic nitrogens is 1. The molecule has 0 aliphatic carbocycles. The van der Waals surface area contributed by atoms with E-state index in [0.29, 0.717) is 0 Å². The number of carbonyl (C=O) groups excluding carboxylic acids is 1. The van der Waals surface area contributed by atoms with Gasteiger partial charge in [0.25, 0.3) is 0 Å². The van der Waals surface area contributed by atoms with E-state index in [0.717, 1.165) is 22.0 Å². The van der Waals surface area contributed by atoms with Crippen LogP contribution in [0.15, 0.2) is 79.0 Å². The lowest BCUT2D eigenvalue weighted by Gasteiger charge is -2.01. The van der Waals surface area contributed by atoms with Gasteiger partial charge in [0.15, 0.2) is 0 Å². The van der Waals surface area contributed by atoms with Gasteiger partial charge in [-0.1, -0.05) is 60.7 Å². The normalized spacial score (nSPS) is 11.3. The fraction of sp³-hybridized carbons (Fsp3) is 0.0476. The Balaban J connectivity index is 1.58. The first-order valence-electron chi connectivity index (χ1n) is 7.73. The van der Waals surface area contributed by atoms with Crippen molar-refractivity contribution in [3.8, 4) is 0 Å². The number of hydrogen-bond donors (Lipinski definition) is 0. The minimum atomic E-state index is -0.374. The smallest absolute Gasteiger partial charge is 0.331 e. The van der Waals surface area contributed by atoms with Crippen molar-refractivity contribution in [3.05, 3.63) is 90.1 Å². The predicted octanol–water partition coefficient (Wildman–Crippen LogP) is 4.50. The largest absolute Gasteiger partial charge is 0.458 e. The molecular weight excluding hydrogens is 298 g/mol. The average Bonchev–Trinajstić information content (AvgIpc) is 2.64. The van der Waals surface area contributed by atoms with Gasteiger partial charge >= 0.3 is 5.97 Å². The van der Waals surface area contributed by atoms with Gasteiger partial charge in [0.2, 0.25) is 0 Å². The SMILES string of the molecule is O=C(/C=C/c1cccc2cccnc12)OC/C=C/c1ccccc1. The second-order valence-electron chi connectivity index (χ2n) is 5.20. The van der Waals surface area contributed by atoms with Crippen LogP contribution in [0.25, 0.3) is 23.1 Å². The Bertz CT molecular complexity index is 877. The molecule has 3 aromatic rings. The number of carbonyl (C=O) groups is 1. The second-order valence-corrected chi connectivity index (χ2v) is 5.20. The molecule has 0 unspecified atom stereocenters.